The van der Waals surface area contributed by atoms with Gasteiger partial charge in [-0.1, -0.05) is 26.2 Å². The fourth-order valence-electron chi connectivity index (χ4n) is 3.82. The normalized spacial score (nSPS) is 25.3. The molecule has 0 spiro atoms. The summed E-state index contributed by atoms with van der Waals surface area (Å²) in [6.07, 6.45) is 11.4. The molecular weight excluding hydrogens is 260 g/mol. The first-order chi connectivity index (χ1) is 10.3. The minimum Gasteiger partial charge on any atom is -0.313 e. The fourth-order valence-corrected chi connectivity index (χ4v) is 3.82. The van der Waals surface area contributed by atoms with E-state index in [2.05, 4.69) is 34.1 Å². The summed E-state index contributed by atoms with van der Waals surface area (Å²) in [5.41, 5.74) is 1.25. The van der Waals surface area contributed by atoms with Crippen LogP contribution in [0.15, 0.2) is 12.3 Å². The first-order valence-corrected chi connectivity index (χ1v) is 8.85. The van der Waals surface area contributed by atoms with Gasteiger partial charge in [-0.15, -0.1) is 0 Å². The molecule has 0 aromatic carbocycles. The summed E-state index contributed by atoms with van der Waals surface area (Å²) < 4.78 is 2.22. The molecule has 2 fully saturated rings. The average Bonchev–Trinajstić information content (AvgIpc) is 3.10. The maximum atomic E-state index is 4.84. The monoisotopic (exact) mass is 290 g/mol. The quantitative estimate of drug-likeness (QED) is 0.905. The van der Waals surface area contributed by atoms with Crippen LogP contribution in [0, 0.1) is 0 Å². The van der Waals surface area contributed by atoms with Crippen molar-refractivity contribution in [1.82, 2.24) is 20.0 Å². The molecule has 1 saturated carbocycles. The number of hydrogen-bond donors (Lipinski definition) is 1. The van der Waals surface area contributed by atoms with Crippen LogP contribution in [-0.2, 0) is 6.54 Å². The molecule has 2 heterocycles. The zero-order chi connectivity index (χ0) is 14.5. The van der Waals surface area contributed by atoms with E-state index >= 15 is 0 Å². The number of aromatic nitrogens is 2. The summed E-state index contributed by atoms with van der Waals surface area (Å²) in [5.74, 6) is 0. The summed E-state index contributed by atoms with van der Waals surface area (Å²) in [5, 5.41) is 8.52. The summed E-state index contributed by atoms with van der Waals surface area (Å²) >= 11 is 0. The van der Waals surface area contributed by atoms with Gasteiger partial charge in [-0.3, -0.25) is 9.58 Å². The van der Waals surface area contributed by atoms with Gasteiger partial charge in [0.2, 0.25) is 0 Å². The van der Waals surface area contributed by atoms with Crippen molar-refractivity contribution in [1.29, 1.82) is 0 Å². The topological polar surface area (TPSA) is 33.1 Å². The van der Waals surface area contributed by atoms with E-state index in [4.69, 9.17) is 5.10 Å². The van der Waals surface area contributed by atoms with E-state index in [1.807, 2.05) is 0 Å². The molecule has 4 nitrogen and oxygen atoms in total. The largest absolute Gasteiger partial charge is 0.313 e. The van der Waals surface area contributed by atoms with Gasteiger partial charge < -0.3 is 5.32 Å². The second-order valence-electron chi connectivity index (χ2n) is 6.75. The second-order valence-corrected chi connectivity index (χ2v) is 6.75. The van der Waals surface area contributed by atoms with Crippen molar-refractivity contribution in [3.8, 4) is 0 Å². The third kappa shape index (κ3) is 4.07. The average molecular weight is 290 g/mol. The lowest BCUT2D eigenvalue weighted by Crippen LogP contribution is -2.37. The molecule has 4 heteroatoms. The molecule has 0 radical (unpaired) electrons. The van der Waals surface area contributed by atoms with Crippen LogP contribution in [0.5, 0.6) is 0 Å². The number of nitrogens with one attached hydrogen (secondary N) is 1. The van der Waals surface area contributed by atoms with Crippen LogP contribution in [0.25, 0.3) is 0 Å². The van der Waals surface area contributed by atoms with E-state index in [0.717, 1.165) is 13.1 Å². The van der Waals surface area contributed by atoms with Gasteiger partial charge >= 0.3 is 0 Å². The first kappa shape index (κ1) is 15.0. The Morgan fingerprint density at radius 1 is 1.29 bits per heavy atom. The molecule has 1 aliphatic carbocycles. The summed E-state index contributed by atoms with van der Waals surface area (Å²) in [7, 11) is 0. The minimum atomic E-state index is 0.661. The van der Waals surface area contributed by atoms with Crippen LogP contribution in [0.1, 0.15) is 63.6 Å². The van der Waals surface area contributed by atoms with Crippen LogP contribution in [0.2, 0.25) is 0 Å². The van der Waals surface area contributed by atoms with Gasteiger partial charge in [-0.05, 0) is 44.8 Å². The molecule has 1 unspecified atom stereocenters. The van der Waals surface area contributed by atoms with Crippen molar-refractivity contribution in [3.63, 3.8) is 0 Å². The van der Waals surface area contributed by atoms with Crippen molar-refractivity contribution in [2.75, 3.05) is 19.6 Å². The van der Waals surface area contributed by atoms with Gasteiger partial charge in [0.15, 0.2) is 0 Å². The van der Waals surface area contributed by atoms with Gasteiger partial charge in [0.25, 0.3) is 0 Å². The van der Waals surface area contributed by atoms with Crippen LogP contribution >= 0.6 is 0 Å². The van der Waals surface area contributed by atoms with Gasteiger partial charge in [-0.25, -0.2) is 0 Å². The molecule has 118 valence electrons. The Bertz CT molecular complexity index is 422. The molecule has 1 atom stereocenters. The maximum Gasteiger partial charge on any atom is 0.0764 e. The Hall–Kier alpha value is -0.870. The second kappa shape index (κ2) is 7.41. The van der Waals surface area contributed by atoms with Crippen molar-refractivity contribution < 1.29 is 0 Å². The molecule has 2 aliphatic rings. The van der Waals surface area contributed by atoms with Gasteiger partial charge in [0.1, 0.15) is 0 Å². The molecule has 1 aromatic rings. The molecule has 1 N–H and O–H groups in total. The van der Waals surface area contributed by atoms with Crippen molar-refractivity contribution in [2.24, 2.45) is 0 Å². The molecular formula is C17H30N4. The SMILES string of the molecule is CCCC1CN(Cc2ccn(C3CCCC3)n2)CCCN1. The van der Waals surface area contributed by atoms with Crippen LogP contribution in [0.3, 0.4) is 0 Å². The zero-order valence-corrected chi connectivity index (χ0v) is 13.4. The van der Waals surface area contributed by atoms with Gasteiger partial charge in [0, 0.05) is 25.3 Å². The Morgan fingerprint density at radius 2 is 2.14 bits per heavy atom. The highest BCUT2D eigenvalue weighted by Gasteiger charge is 2.20. The Morgan fingerprint density at radius 3 is 2.95 bits per heavy atom. The Balaban J connectivity index is 1.57. The molecule has 0 bridgehead atoms. The van der Waals surface area contributed by atoms with Crippen molar-refractivity contribution in [2.45, 2.75) is 70.5 Å². The van der Waals surface area contributed by atoms with E-state index in [9.17, 15) is 0 Å². The van der Waals surface area contributed by atoms with E-state index in [0.29, 0.717) is 12.1 Å². The third-order valence-electron chi connectivity index (χ3n) is 4.95. The molecule has 1 aliphatic heterocycles. The number of hydrogen-bond acceptors (Lipinski definition) is 3. The number of rotatable bonds is 5. The maximum absolute atomic E-state index is 4.84. The molecule has 21 heavy (non-hydrogen) atoms. The molecule has 1 aromatic heterocycles. The van der Waals surface area contributed by atoms with Crippen LogP contribution in [-0.4, -0.2) is 40.4 Å². The third-order valence-corrected chi connectivity index (χ3v) is 4.95. The summed E-state index contributed by atoms with van der Waals surface area (Å²) in [6.45, 7) is 6.83. The van der Waals surface area contributed by atoms with E-state index in [-0.39, 0.29) is 0 Å². The molecule has 0 amide bonds. The summed E-state index contributed by atoms with van der Waals surface area (Å²) in [6, 6.07) is 3.55. The van der Waals surface area contributed by atoms with E-state index in [1.54, 1.807) is 0 Å². The number of nitrogens with zero attached hydrogens (tertiary/aromatic N) is 3. The zero-order valence-electron chi connectivity index (χ0n) is 13.4. The highest BCUT2D eigenvalue weighted by atomic mass is 15.3. The van der Waals surface area contributed by atoms with Crippen LogP contribution in [0.4, 0.5) is 0 Å². The lowest BCUT2D eigenvalue weighted by atomic mass is 10.1. The Labute approximate surface area is 128 Å². The van der Waals surface area contributed by atoms with E-state index in [1.165, 1.54) is 63.7 Å². The van der Waals surface area contributed by atoms with Crippen molar-refractivity contribution >= 4 is 0 Å². The van der Waals surface area contributed by atoms with Crippen LogP contribution < -0.4 is 5.32 Å². The minimum absolute atomic E-state index is 0.661. The van der Waals surface area contributed by atoms with Crippen molar-refractivity contribution in [3.05, 3.63) is 18.0 Å². The Kier molecular flexibility index (Phi) is 5.31. The fraction of sp³-hybridized carbons (Fsp3) is 0.824. The van der Waals surface area contributed by atoms with Gasteiger partial charge in [0.05, 0.1) is 11.7 Å². The lowest BCUT2D eigenvalue weighted by Gasteiger charge is -2.23. The molecule has 1 saturated heterocycles. The lowest BCUT2D eigenvalue weighted by molar-refractivity contribution is 0.250. The molecule has 3 rings (SSSR count). The standard InChI is InChI=1S/C17H30N4/c1-2-6-15-13-20(11-5-10-18-15)14-16-9-12-21(19-16)17-7-3-4-8-17/h9,12,15,17-18H,2-8,10-11,13-14H2,1H3. The van der Waals surface area contributed by atoms with Gasteiger partial charge in [-0.2, -0.15) is 5.10 Å². The predicted octanol–water partition coefficient (Wildman–Crippen LogP) is 2.96. The van der Waals surface area contributed by atoms with E-state index < -0.39 is 0 Å². The smallest absolute Gasteiger partial charge is 0.0764 e. The summed E-state index contributed by atoms with van der Waals surface area (Å²) in [4.78, 5) is 2.58. The highest BCUT2D eigenvalue weighted by molar-refractivity contribution is 5.00. The first-order valence-electron chi connectivity index (χ1n) is 8.85. The predicted molar refractivity (Wildman–Crippen MR) is 86.3 cm³/mol. The highest BCUT2D eigenvalue weighted by Crippen LogP contribution is 2.28.